The van der Waals surface area contributed by atoms with Crippen LogP contribution in [0.5, 0.6) is 0 Å². The summed E-state index contributed by atoms with van der Waals surface area (Å²) in [6.45, 7) is 17.0. The lowest BCUT2D eigenvalue weighted by molar-refractivity contribution is -0.143. The monoisotopic (exact) mass is 524 g/mol. The first-order chi connectivity index (χ1) is 18.4. The Balaban J connectivity index is 0.00000195. The summed E-state index contributed by atoms with van der Waals surface area (Å²) in [7, 11) is 0. The first kappa shape index (κ1) is 29.8. The number of hydrogen-bond donors (Lipinski definition) is 1. The van der Waals surface area contributed by atoms with E-state index in [1.807, 2.05) is 31.7 Å². The molecule has 3 heterocycles. The molecule has 1 aromatic carbocycles. The van der Waals surface area contributed by atoms with Crippen LogP contribution in [0, 0.1) is 12.8 Å². The van der Waals surface area contributed by atoms with Crippen LogP contribution in [-0.2, 0) is 14.3 Å². The predicted molar refractivity (Wildman–Crippen MR) is 153 cm³/mol. The van der Waals surface area contributed by atoms with E-state index in [4.69, 9.17) is 4.74 Å². The Hall–Kier alpha value is -2.80. The van der Waals surface area contributed by atoms with Crippen LogP contribution in [0.1, 0.15) is 83.4 Å². The van der Waals surface area contributed by atoms with Gasteiger partial charge >= 0.3 is 0 Å². The number of piperazine rings is 1. The summed E-state index contributed by atoms with van der Waals surface area (Å²) in [5.74, 6) is 1.10. The Labute approximate surface area is 229 Å². The van der Waals surface area contributed by atoms with E-state index in [0.717, 1.165) is 43.4 Å². The molecule has 4 rings (SSSR count). The van der Waals surface area contributed by atoms with E-state index in [1.54, 1.807) is 4.90 Å². The van der Waals surface area contributed by atoms with Crippen molar-refractivity contribution in [3.63, 3.8) is 0 Å². The van der Waals surface area contributed by atoms with Crippen LogP contribution in [0.25, 0.3) is 0 Å². The summed E-state index contributed by atoms with van der Waals surface area (Å²) >= 11 is 0. The molecule has 0 saturated carbocycles. The van der Waals surface area contributed by atoms with Gasteiger partial charge in [-0.05, 0) is 44.7 Å². The van der Waals surface area contributed by atoms with Crippen molar-refractivity contribution < 1.29 is 14.3 Å². The number of aryl methyl sites for hydroxylation is 1. The molecule has 1 aromatic rings. The van der Waals surface area contributed by atoms with Gasteiger partial charge in [0.15, 0.2) is 0 Å². The van der Waals surface area contributed by atoms with Crippen molar-refractivity contribution in [3.8, 4) is 0 Å². The van der Waals surface area contributed by atoms with E-state index in [2.05, 4.69) is 55.1 Å². The molecule has 1 N–H and O–H groups in total. The average Bonchev–Trinajstić information content (AvgIpc) is 3.39. The van der Waals surface area contributed by atoms with Crippen LogP contribution >= 0.6 is 0 Å². The number of amides is 2. The van der Waals surface area contributed by atoms with Gasteiger partial charge in [0, 0.05) is 25.6 Å². The minimum absolute atomic E-state index is 0.0335. The Morgan fingerprint density at radius 1 is 1.11 bits per heavy atom. The van der Waals surface area contributed by atoms with Gasteiger partial charge in [-0.3, -0.25) is 14.6 Å². The molecule has 3 aliphatic heterocycles. The smallest absolute Gasteiger partial charge is 0.271 e. The molecule has 38 heavy (non-hydrogen) atoms. The van der Waals surface area contributed by atoms with Crippen molar-refractivity contribution in [1.29, 1.82) is 0 Å². The summed E-state index contributed by atoms with van der Waals surface area (Å²) in [5.41, 5.74) is 6.61. The topological polar surface area (TPSA) is 65.1 Å². The highest BCUT2D eigenvalue weighted by Gasteiger charge is 2.41. The predicted octanol–water partition coefficient (Wildman–Crippen LogP) is 5.35. The third-order valence-corrected chi connectivity index (χ3v) is 7.70. The van der Waals surface area contributed by atoms with Gasteiger partial charge in [0.25, 0.3) is 5.91 Å². The fraction of sp³-hybridized carbons (Fsp3) is 0.613. The van der Waals surface area contributed by atoms with Crippen LogP contribution < -0.4 is 5.43 Å². The van der Waals surface area contributed by atoms with Gasteiger partial charge in [0.1, 0.15) is 12.2 Å². The lowest BCUT2D eigenvalue weighted by atomic mass is 9.95. The lowest BCUT2D eigenvalue weighted by Crippen LogP contribution is -2.58. The normalized spacial score (nSPS) is 21.4. The fourth-order valence-corrected chi connectivity index (χ4v) is 5.50. The summed E-state index contributed by atoms with van der Waals surface area (Å²) in [6.07, 6.45) is 8.16. The van der Waals surface area contributed by atoms with Crippen molar-refractivity contribution in [1.82, 2.24) is 20.2 Å². The maximum absolute atomic E-state index is 13.5. The van der Waals surface area contributed by atoms with Crippen LogP contribution in [0.2, 0.25) is 0 Å². The van der Waals surface area contributed by atoms with E-state index in [-0.39, 0.29) is 30.4 Å². The van der Waals surface area contributed by atoms with Crippen LogP contribution in [0.3, 0.4) is 0 Å². The molecular formula is C31H48N4O3. The van der Waals surface area contributed by atoms with E-state index in [9.17, 15) is 9.59 Å². The quantitative estimate of drug-likeness (QED) is 0.330. The average molecular weight is 525 g/mol. The summed E-state index contributed by atoms with van der Waals surface area (Å²) in [5, 5.41) is 2.08. The molecule has 0 bridgehead atoms. The number of nitrogens with zero attached hydrogens (tertiary/aromatic N) is 3. The standard InChI is InChI=1S/C29H42N4O3.C2H6/c1-5-7-8-9-25-19-32(20-28(34)31-16-14-23(15-17-31)22(4)36-6-2)29(35)27-18-26(30-33(25)27)24-12-10-21(3)11-13-24;1-2/h10-13,18,23,25-26,30H,4-9,14-17,19-20H2,1-3H3;1-2H3. The van der Waals surface area contributed by atoms with Crippen molar-refractivity contribution >= 4 is 11.8 Å². The maximum Gasteiger partial charge on any atom is 0.271 e. The molecule has 2 unspecified atom stereocenters. The number of hydrogen-bond acceptors (Lipinski definition) is 5. The Morgan fingerprint density at radius 3 is 2.42 bits per heavy atom. The van der Waals surface area contributed by atoms with Gasteiger partial charge in [-0.2, -0.15) is 0 Å². The second kappa shape index (κ2) is 14.4. The highest BCUT2D eigenvalue weighted by molar-refractivity contribution is 5.96. The number of ether oxygens (including phenoxy) is 1. The Kier molecular flexibility index (Phi) is 11.3. The summed E-state index contributed by atoms with van der Waals surface area (Å²) in [4.78, 5) is 30.4. The van der Waals surface area contributed by atoms with Crippen molar-refractivity contribution in [3.05, 3.63) is 59.5 Å². The molecule has 2 saturated heterocycles. The minimum atomic E-state index is -0.0585. The highest BCUT2D eigenvalue weighted by atomic mass is 16.5. The van der Waals surface area contributed by atoms with Crippen molar-refractivity contribution in [2.45, 2.75) is 85.2 Å². The van der Waals surface area contributed by atoms with E-state index < -0.39 is 0 Å². The van der Waals surface area contributed by atoms with Crippen LogP contribution in [0.15, 0.2) is 48.4 Å². The van der Waals surface area contributed by atoms with Gasteiger partial charge < -0.3 is 14.5 Å². The highest BCUT2D eigenvalue weighted by Crippen LogP contribution is 2.32. The van der Waals surface area contributed by atoms with E-state index in [0.29, 0.717) is 37.9 Å². The molecule has 2 amide bonds. The first-order valence-corrected chi connectivity index (χ1v) is 14.6. The molecule has 0 spiro atoms. The molecule has 0 aromatic heterocycles. The molecule has 7 heteroatoms. The third-order valence-electron chi connectivity index (χ3n) is 7.70. The second-order valence-corrected chi connectivity index (χ2v) is 10.3. The zero-order chi connectivity index (χ0) is 27.7. The molecule has 7 nitrogen and oxygen atoms in total. The molecule has 2 fully saturated rings. The Bertz CT molecular complexity index is 966. The number of carbonyl (C=O) groups is 2. The van der Waals surface area contributed by atoms with Gasteiger partial charge in [0.05, 0.1) is 24.4 Å². The molecule has 0 aliphatic carbocycles. The third kappa shape index (κ3) is 7.19. The van der Waals surface area contributed by atoms with Gasteiger partial charge in [-0.1, -0.05) is 76.4 Å². The van der Waals surface area contributed by atoms with Gasteiger partial charge in [-0.25, -0.2) is 5.43 Å². The molecule has 0 radical (unpaired) electrons. The zero-order valence-corrected chi connectivity index (χ0v) is 24.2. The molecule has 2 atom stereocenters. The Morgan fingerprint density at radius 2 is 1.79 bits per heavy atom. The minimum Gasteiger partial charge on any atom is -0.499 e. The van der Waals surface area contributed by atoms with E-state index >= 15 is 0 Å². The van der Waals surface area contributed by atoms with Gasteiger partial charge in [-0.15, -0.1) is 0 Å². The number of rotatable bonds is 10. The lowest BCUT2D eigenvalue weighted by Gasteiger charge is -2.42. The number of allylic oxidation sites excluding steroid dienone is 1. The molecule has 210 valence electrons. The number of benzene rings is 1. The van der Waals surface area contributed by atoms with Crippen molar-refractivity contribution in [2.75, 3.05) is 32.8 Å². The van der Waals surface area contributed by atoms with E-state index in [1.165, 1.54) is 12.0 Å². The molecule has 3 aliphatic rings. The SMILES string of the molecule is C=C(OCC)C1CCN(C(=O)CN2CC(CCCCC)N3NC(c4ccc(C)cc4)C=C3C2=O)CC1.CC. The maximum atomic E-state index is 13.5. The largest absolute Gasteiger partial charge is 0.499 e. The summed E-state index contributed by atoms with van der Waals surface area (Å²) < 4.78 is 5.58. The van der Waals surface area contributed by atoms with Crippen molar-refractivity contribution in [2.24, 2.45) is 5.92 Å². The van der Waals surface area contributed by atoms with Crippen LogP contribution in [-0.4, -0.2) is 65.5 Å². The fourth-order valence-electron chi connectivity index (χ4n) is 5.50. The van der Waals surface area contributed by atoms with Gasteiger partial charge in [0.2, 0.25) is 5.91 Å². The zero-order valence-electron chi connectivity index (χ0n) is 24.2. The number of piperidine rings is 1. The first-order valence-electron chi connectivity index (χ1n) is 14.6. The number of fused-ring (bicyclic) bond motifs is 1. The number of hydrazine groups is 1. The molecular weight excluding hydrogens is 476 g/mol. The number of likely N-dealkylation sites (tertiary alicyclic amines) is 1. The second-order valence-electron chi connectivity index (χ2n) is 10.3. The number of carbonyl (C=O) groups excluding carboxylic acids is 2. The summed E-state index contributed by atoms with van der Waals surface area (Å²) in [6, 6.07) is 8.56. The number of unbranched alkanes of at least 4 members (excludes halogenated alkanes) is 2. The number of nitrogens with one attached hydrogen (secondary N) is 1. The van der Waals surface area contributed by atoms with Crippen LogP contribution in [0.4, 0.5) is 0 Å².